The second-order valence-electron chi connectivity index (χ2n) is 13.9. The molecule has 0 saturated carbocycles. The summed E-state index contributed by atoms with van der Waals surface area (Å²) in [6.45, 7) is 36.2. The predicted octanol–water partition coefficient (Wildman–Crippen LogP) is 6.91. The van der Waals surface area contributed by atoms with E-state index >= 15 is 0 Å². The fraction of sp³-hybridized carbons (Fsp3) is 1.00. The van der Waals surface area contributed by atoms with Crippen LogP contribution in [0.15, 0.2) is 0 Å². The lowest BCUT2D eigenvalue weighted by atomic mass is 9.92. The molecule has 0 radical (unpaired) electrons. The predicted molar refractivity (Wildman–Crippen MR) is 153 cm³/mol. The van der Waals surface area contributed by atoms with E-state index in [0.29, 0.717) is 0 Å². The fourth-order valence-corrected chi connectivity index (χ4v) is 7.91. The molecule has 0 spiro atoms. The molecule has 12 atom stereocenters. The summed E-state index contributed by atoms with van der Waals surface area (Å²) in [5, 5.41) is 0. The molecule has 0 aliphatic carbocycles. The average Bonchev–Trinajstić information content (AvgIpc) is 3.21. The summed E-state index contributed by atoms with van der Waals surface area (Å²) in [6.07, 6.45) is 1.41. The zero-order valence-corrected chi connectivity index (χ0v) is 26.7. The van der Waals surface area contributed by atoms with Crippen molar-refractivity contribution >= 4 is 0 Å². The average molecular weight is 483 g/mol. The lowest BCUT2D eigenvalue weighted by Crippen LogP contribution is -2.52. The van der Waals surface area contributed by atoms with Crippen LogP contribution in [-0.2, 0) is 0 Å². The van der Waals surface area contributed by atoms with E-state index in [1.807, 2.05) is 0 Å². The third-order valence-electron chi connectivity index (χ3n) is 13.1. The van der Waals surface area contributed by atoms with Crippen LogP contribution in [0.25, 0.3) is 0 Å². The van der Waals surface area contributed by atoms with Gasteiger partial charge in [0.25, 0.3) is 0 Å². The van der Waals surface area contributed by atoms with E-state index in [1.165, 1.54) is 46.0 Å². The summed E-state index contributed by atoms with van der Waals surface area (Å²) >= 11 is 0. The quantitative estimate of drug-likeness (QED) is 0.383. The van der Waals surface area contributed by atoms with Crippen LogP contribution in [0.4, 0.5) is 0 Å². The first-order chi connectivity index (χ1) is 15.5. The van der Waals surface area contributed by atoms with Crippen molar-refractivity contribution < 1.29 is 13.4 Å². The largest absolute Gasteiger partial charge is 0.324 e. The zero-order chi connectivity index (χ0) is 26.8. The SMILES string of the molecule is CC[N+]1(C)C(C)C(C)C(C)C1C.CC[N+]1(C)C(C)CC(C)C1C.CC[N+]1(C)CC(C)C(C)C1C. The second kappa shape index (κ2) is 12.0. The minimum atomic E-state index is 0.833. The maximum atomic E-state index is 2.41. The Balaban J connectivity index is 0.000000255. The molecule has 3 fully saturated rings. The van der Waals surface area contributed by atoms with Crippen LogP contribution < -0.4 is 0 Å². The van der Waals surface area contributed by atoms with Crippen molar-refractivity contribution in [3.05, 3.63) is 0 Å². The van der Waals surface area contributed by atoms with Gasteiger partial charge in [-0.1, -0.05) is 34.6 Å². The van der Waals surface area contributed by atoms with E-state index in [4.69, 9.17) is 0 Å². The molecule has 3 aliphatic heterocycles. The van der Waals surface area contributed by atoms with Gasteiger partial charge in [0.2, 0.25) is 0 Å². The molecule has 3 heterocycles. The topological polar surface area (TPSA) is 0 Å². The molecule has 0 aromatic rings. The highest BCUT2D eigenvalue weighted by Gasteiger charge is 2.49. The molecule has 3 heteroatoms. The van der Waals surface area contributed by atoms with Gasteiger partial charge in [0.1, 0.15) is 0 Å². The first-order valence-electron chi connectivity index (χ1n) is 15.0. The lowest BCUT2D eigenvalue weighted by Gasteiger charge is -2.38. The molecule has 3 nitrogen and oxygen atoms in total. The fourth-order valence-electron chi connectivity index (χ4n) is 7.91. The number of nitrogens with zero attached hydrogens (tertiary/aromatic N) is 3. The summed E-state index contributed by atoms with van der Waals surface area (Å²) in [7, 11) is 7.21. The van der Waals surface area contributed by atoms with Crippen molar-refractivity contribution in [1.82, 2.24) is 0 Å². The van der Waals surface area contributed by atoms with Crippen LogP contribution in [0.3, 0.4) is 0 Å². The van der Waals surface area contributed by atoms with Crippen LogP contribution in [0, 0.1) is 29.6 Å². The number of rotatable bonds is 3. The number of hydrogen-bond acceptors (Lipinski definition) is 0. The van der Waals surface area contributed by atoms with E-state index < -0.39 is 0 Å². The molecule has 3 aliphatic rings. The summed E-state index contributed by atoms with van der Waals surface area (Å²) < 4.78 is 3.83. The van der Waals surface area contributed by atoms with E-state index in [-0.39, 0.29) is 0 Å². The summed E-state index contributed by atoms with van der Waals surface area (Å²) in [5.74, 6) is 4.49. The van der Waals surface area contributed by atoms with Gasteiger partial charge in [-0.25, -0.2) is 0 Å². The van der Waals surface area contributed by atoms with Gasteiger partial charge in [0, 0.05) is 36.0 Å². The summed E-state index contributed by atoms with van der Waals surface area (Å²) in [5.41, 5.74) is 0. The summed E-state index contributed by atoms with van der Waals surface area (Å²) in [4.78, 5) is 0. The zero-order valence-electron chi connectivity index (χ0n) is 26.7. The molecular weight excluding hydrogens is 414 g/mol. The number of likely N-dealkylation sites (tertiary alicyclic amines) is 3. The van der Waals surface area contributed by atoms with Gasteiger partial charge in [-0.2, -0.15) is 0 Å². The van der Waals surface area contributed by atoms with Crippen LogP contribution >= 0.6 is 0 Å². The number of quaternary nitrogens is 3. The normalized spacial score (nSPS) is 52.6. The third-order valence-corrected chi connectivity index (χ3v) is 13.1. The van der Waals surface area contributed by atoms with Gasteiger partial charge >= 0.3 is 0 Å². The van der Waals surface area contributed by atoms with Crippen LogP contribution in [0.5, 0.6) is 0 Å². The first kappa shape index (κ1) is 31.9. The van der Waals surface area contributed by atoms with Gasteiger partial charge in [0.05, 0.1) is 77.5 Å². The molecule has 34 heavy (non-hydrogen) atoms. The molecule has 0 amide bonds. The molecule has 3 rings (SSSR count). The Hall–Kier alpha value is -0.120. The molecule has 204 valence electrons. The van der Waals surface area contributed by atoms with Gasteiger partial charge in [0.15, 0.2) is 0 Å². The Morgan fingerprint density at radius 3 is 1.12 bits per heavy atom. The molecule has 12 unspecified atom stereocenters. The Bertz CT molecular complexity index is 606. The lowest BCUT2D eigenvalue weighted by molar-refractivity contribution is -0.941. The molecule has 3 saturated heterocycles. The second-order valence-corrected chi connectivity index (χ2v) is 13.9. The Morgan fingerprint density at radius 2 is 0.941 bits per heavy atom. The molecule has 0 aromatic carbocycles. The van der Waals surface area contributed by atoms with Crippen molar-refractivity contribution in [2.24, 2.45) is 29.6 Å². The first-order valence-corrected chi connectivity index (χ1v) is 15.0. The molecular formula is C31H68N3+3. The molecule has 0 aromatic heterocycles. The minimum absolute atomic E-state index is 0.833. The van der Waals surface area contributed by atoms with Crippen molar-refractivity contribution in [2.45, 2.75) is 127 Å². The van der Waals surface area contributed by atoms with Gasteiger partial charge < -0.3 is 13.4 Å². The van der Waals surface area contributed by atoms with E-state index in [0.717, 1.165) is 59.8 Å². The van der Waals surface area contributed by atoms with E-state index in [2.05, 4.69) is 111 Å². The molecule has 0 N–H and O–H groups in total. The maximum Gasteiger partial charge on any atom is 0.0892 e. The third kappa shape index (κ3) is 5.88. The summed E-state index contributed by atoms with van der Waals surface area (Å²) in [6, 6.07) is 4.25. The highest BCUT2D eigenvalue weighted by atomic mass is 15.4. The highest BCUT2D eigenvalue weighted by Crippen LogP contribution is 2.39. The highest BCUT2D eigenvalue weighted by molar-refractivity contribution is 4.82. The van der Waals surface area contributed by atoms with Crippen LogP contribution in [-0.4, -0.2) is 91.0 Å². The van der Waals surface area contributed by atoms with Gasteiger partial charge in [-0.15, -0.1) is 0 Å². The standard InChI is InChI=1S/C11H24N.2C10H22N/c1-7-12(6)10(4)8(2)9(3)11(12)5;1-6-11(5)7-8(2)9(3)10(11)4;1-6-11(5)9(3)7-8(2)10(11)4/h8-11H,7H2,1-6H3;2*8-10H,6-7H2,1-5H3/q3*+1. The van der Waals surface area contributed by atoms with Crippen LogP contribution in [0.2, 0.25) is 0 Å². The van der Waals surface area contributed by atoms with Crippen LogP contribution in [0.1, 0.15) is 96.4 Å². The van der Waals surface area contributed by atoms with Crippen molar-refractivity contribution in [1.29, 1.82) is 0 Å². The van der Waals surface area contributed by atoms with E-state index in [9.17, 15) is 0 Å². The Labute approximate surface area is 217 Å². The van der Waals surface area contributed by atoms with E-state index in [1.54, 1.807) is 0 Å². The minimum Gasteiger partial charge on any atom is -0.324 e. The van der Waals surface area contributed by atoms with Crippen molar-refractivity contribution in [3.8, 4) is 0 Å². The Kier molecular flexibility index (Phi) is 11.2. The number of hydrogen-bond donors (Lipinski definition) is 0. The van der Waals surface area contributed by atoms with Gasteiger partial charge in [-0.3, -0.25) is 0 Å². The monoisotopic (exact) mass is 483 g/mol. The van der Waals surface area contributed by atoms with Crippen molar-refractivity contribution in [2.75, 3.05) is 47.3 Å². The van der Waals surface area contributed by atoms with Gasteiger partial charge in [-0.05, 0) is 55.4 Å². The maximum absolute atomic E-state index is 2.41. The smallest absolute Gasteiger partial charge is 0.0892 e. The Morgan fingerprint density at radius 1 is 0.500 bits per heavy atom. The van der Waals surface area contributed by atoms with Crippen molar-refractivity contribution in [3.63, 3.8) is 0 Å². The molecule has 0 bridgehead atoms.